The Labute approximate surface area is 135 Å². The molecule has 1 aromatic carbocycles. The van der Waals surface area contributed by atoms with Crippen LogP contribution < -0.4 is 5.32 Å². The van der Waals surface area contributed by atoms with Crippen LogP contribution in [0.15, 0.2) is 30.3 Å². The van der Waals surface area contributed by atoms with E-state index in [0.29, 0.717) is 30.7 Å². The molecule has 0 radical (unpaired) electrons. The fourth-order valence-electron chi connectivity index (χ4n) is 3.35. The Bertz CT molecular complexity index is 725. The summed E-state index contributed by atoms with van der Waals surface area (Å²) in [6, 6.07) is 10.1. The van der Waals surface area contributed by atoms with E-state index in [1.54, 1.807) is 0 Å². The summed E-state index contributed by atoms with van der Waals surface area (Å²) >= 11 is 0. The smallest absolute Gasteiger partial charge is 0.228 e. The summed E-state index contributed by atoms with van der Waals surface area (Å²) in [5.41, 5.74) is 3.52. The predicted molar refractivity (Wildman–Crippen MR) is 87.2 cm³/mol. The molecule has 120 valence electrons. The Morgan fingerprint density at radius 3 is 3.09 bits per heavy atom. The molecule has 4 rings (SSSR count). The lowest BCUT2D eigenvalue weighted by molar-refractivity contribution is -0.119. The number of rotatable bonds is 4. The maximum Gasteiger partial charge on any atom is 0.228 e. The fourth-order valence-corrected chi connectivity index (χ4v) is 3.35. The van der Waals surface area contributed by atoms with E-state index >= 15 is 0 Å². The average molecular weight is 311 g/mol. The summed E-state index contributed by atoms with van der Waals surface area (Å²) in [6.07, 6.45) is 2.26. The van der Waals surface area contributed by atoms with Crippen molar-refractivity contribution in [2.45, 2.75) is 38.2 Å². The minimum Gasteiger partial charge on any atom is -0.373 e. The van der Waals surface area contributed by atoms with Gasteiger partial charge in [0.1, 0.15) is 0 Å². The van der Waals surface area contributed by atoms with Gasteiger partial charge in [-0.05, 0) is 29.9 Å². The first kappa shape index (κ1) is 14.5. The Morgan fingerprint density at radius 1 is 1.43 bits per heavy atom. The second kappa shape index (κ2) is 5.81. The van der Waals surface area contributed by atoms with Gasteiger partial charge in [0.15, 0.2) is 5.82 Å². The van der Waals surface area contributed by atoms with E-state index in [0.717, 1.165) is 17.7 Å². The fraction of sp³-hybridized carbons (Fsp3) is 0.444. The van der Waals surface area contributed by atoms with E-state index in [-0.39, 0.29) is 12.0 Å². The molecule has 3 unspecified atom stereocenters. The number of nitrogens with zero attached hydrogens (tertiary/aromatic N) is 1. The number of ether oxygens (including phenoxy) is 1. The zero-order chi connectivity index (χ0) is 15.8. The molecule has 1 aromatic heterocycles. The molecular formula is C18H21N3O2. The highest BCUT2D eigenvalue weighted by atomic mass is 16.5. The molecule has 1 aliphatic carbocycles. The third-order valence-corrected chi connectivity index (χ3v) is 4.84. The molecule has 1 saturated carbocycles. The number of benzene rings is 1. The summed E-state index contributed by atoms with van der Waals surface area (Å²) in [6.45, 7) is 2.89. The van der Waals surface area contributed by atoms with Crippen LogP contribution in [0.3, 0.4) is 0 Å². The zero-order valence-corrected chi connectivity index (χ0v) is 13.2. The van der Waals surface area contributed by atoms with E-state index in [1.807, 2.05) is 24.3 Å². The highest BCUT2D eigenvalue weighted by molar-refractivity contribution is 5.90. The van der Waals surface area contributed by atoms with E-state index in [4.69, 9.17) is 4.74 Å². The number of nitrogens with one attached hydrogen (secondary N) is 2. The molecule has 1 fully saturated rings. The summed E-state index contributed by atoms with van der Waals surface area (Å²) in [5, 5.41) is 10.1. The normalized spacial score (nSPS) is 25.7. The van der Waals surface area contributed by atoms with Crippen LogP contribution in [0.1, 0.15) is 48.6 Å². The molecule has 23 heavy (non-hydrogen) atoms. The van der Waals surface area contributed by atoms with Crippen LogP contribution in [0.25, 0.3) is 0 Å². The van der Waals surface area contributed by atoms with Gasteiger partial charge in [-0.15, -0.1) is 0 Å². The summed E-state index contributed by atoms with van der Waals surface area (Å²) in [7, 11) is 0. The molecule has 1 amide bonds. The van der Waals surface area contributed by atoms with Gasteiger partial charge in [-0.1, -0.05) is 31.2 Å². The Balaban J connectivity index is 1.40. The number of carbonyl (C=O) groups is 1. The monoisotopic (exact) mass is 311 g/mol. The summed E-state index contributed by atoms with van der Waals surface area (Å²) in [4.78, 5) is 12.3. The number of aromatic nitrogens is 2. The van der Waals surface area contributed by atoms with Crippen molar-refractivity contribution < 1.29 is 9.53 Å². The minimum absolute atomic E-state index is 0.0615. The van der Waals surface area contributed by atoms with Crippen LogP contribution in [0.5, 0.6) is 0 Å². The minimum atomic E-state index is -0.165. The molecule has 5 heteroatoms. The van der Waals surface area contributed by atoms with Crippen LogP contribution in [0.4, 0.5) is 5.82 Å². The second-order valence-corrected chi connectivity index (χ2v) is 6.59. The molecule has 1 aliphatic heterocycles. The summed E-state index contributed by atoms with van der Waals surface area (Å²) in [5.74, 6) is 1.83. The first-order valence-corrected chi connectivity index (χ1v) is 8.25. The largest absolute Gasteiger partial charge is 0.373 e. The predicted octanol–water partition coefficient (Wildman–Crippen LogP) is 3.18. The van der Waals surface area contributed by atoms with Gasteiger partial charge < -0.3 is 10.1 Å². The average Bonchev–Trinajstić information content (AvgIpc) is 3.10. The SMILES string of the molecule is CC1CC1c1cc(NC(=O)CC2OCCc3ccccc32)n[nH]1. The Hall–Kier alpha value is -2.14. The van der Waals surface area contributed by atoms with Crippen molar-refractivity contribution in [1.29, 1.82) is 0 Å². The van der Waals surface area contributed by atoms with Crippen LogP contribution in [-0.2, 0) is 16.0 Å². The van der Waals surface area contributed by atoms with Crippen molar-refractivity contribution in [2.75, 3.05) is 11.9 Å². The van der Waals surface area contributed by atoms with Crippen molar-refractivity contribution >= 4 is 11.7 Å². The number of hydrogen-bond acceptors (Lipinski definition) is 3. The standard InChI is InChI=1S/C18H21N3O2/c1-11-8-14(11)15-9-17(21-20-15)19-18(22)10-16-13-5-3-2-4-12(13)6-7-23-16/h2-5,9,11,14,16H,6-8,10H2,1H3,(H2,19,20,21,22). The molecule has 2 heterocycles. The van der Waals surface area contributed by atoms with Gasteiger partial charge in [-0.25, -0.2) is 0 Å². The first-order valence-electron chi connectivity index (χ1n) is 8.25. The number of anilines is 1. The highest BCUT2D eigenvalue weighted by Crippen LogP contribution is 2.46. The quantitative estimate of drug-likeness (QED) is 0.911. The van der Waals surface area contributed by atoms with E-state index in [9.17, 15) is 4.79 Å². The van der Waals surface area contributed by atoms with E-state index in [1.165, 1.54) is 12.0 Å². The third-order valence-electron chi connectivity index (χ3n) is 4.84. The number of fused-ring (bicyclic) bond motifs is 1. The molecule has 2 aliphatic rings. The molecular weight excluding hydrogens is 290 g/mol. The van der Waals surface area contributed by atoms with Gasteiger partial charge in [0.05, 0.1) is 19.1 Å². The Morgan fingerprint density at radius 2 is 2.26 bits per heavy atom. The van der Waals surface area contributed by atoms with Crippen molar-refractivity contribution in [2.24, 2.45) is 5.92 Å². The molecule has 3 atom stereocenters. The number of aromatic amines is 1. The molecule has 2 aromatic rings. The molecule has 0 bridgehead atoms. The second-order valence-electron chi connectivity index (χ2n) is 6.59. The van der Waals surface area contributed by atoms with Crippen LogP contribution in [0, 0.1) is 5.92 Å². The lowest BCUT2D eigenvalue weighted by atomic mass is 9.96. The Kier molecular flexibility index (Phi) is 3.65. The topological polar surface area (TPSA) is 67.0 Å². The van der Waals surface area contributed by atoms with Crippen molar-refractivity contribution in [3.8, 4) is 0 Å². The van der Waals surface area contributed by atoms with Crippen molar-refractivity contribution in [3.63, 3.8) is 0 Å². The van der Waals surface area contributed by atoms with Gasteiger partial charge in [-0.3, -0.25) is 9.89 Å². The number of hydrogen-bond donors (Lipinski definition) is 2. The lowest BCUT2D eigenvalue weighted by Gasteiger charge is -2.25. The maximum atomic E-state index is 12.3. The lowest BCUT2D eigenvalue weighted by Crippen LogP contribution is -2.22. The first-order chi connectivity index (χ1) is 11.2. The van der Waals surface area contributed by atoms with E-state index in [2.05, 4.69) is 28.5 Å². The van der Waals surface area contributed by atoms with Crippen LogP contribution in [-0.4, -0.2) is 22.7 Å². The molecule has 5 nitrogen and oxygen atoms in total. The number of carbonyl (C=O) groups excluding carboxylic acids is 1. The van der Waals surface area contributed by atoms with Crippen molar-refractivity contribution in [3.05, 3.63) is 47.2 Å². The zero-order valence-electron chi connectivity index (χ0n) is 13.2. The van der Waals surface area contributed by atoms with Gasteiger partial charge >= 0.3 is 0 Å². The molecule has 0 saturated heterocycles. The summed E-state index contributed by atoms with van der Waals surface area (Å²) < 4.78 is 5.79. The van der Waals surface area contributed by atoms with Gasteiger partial charge in [0, 0.05) is 17.7 Å². The van der Waals surface area contributed by atoms with Crippen LogP contribution >= 0.6 is 0 Å². The van der Waals surface area contributed by atoms with Gasteiger partial charge in [0.25, 0.3) is 0 Å². The van der Waals surface area contributed by atoms with Crippen LogP contribution in [0.2, 0.25) is 0 Å². The van der Waals surface area contributed by atoms with Gasteiger partial charge in [0.2, 0.25) is 5.91 Å². The van der Waals surface area contributed by atoms with Gasteiger partial charge in [-0.2, -0.15) is 5.10 Å². The molecule has 0 spiro atoms. The van der Waals surface area contributed by atoms with E-state index < -0.39 is 0 Å². The van der Waals surface area contributed by atoms with Crippen molar-refractivity contribution in [1.82, 2.24) is 10.2 Å². The third kappa shape index (κ3) is 3.01. The number of amides is 1. The highest BCUT2D eigenvalue weighted by Gasteiger charge is 2.35. The number of H-pyrrole nitrogens is 1. The maximum absolute atomic E-state index is 12.3. The molecule has 2 N–H and O–H groups in total.